The average molecular weight is 370 g/mol. The van der Waals surface area contributed by atoms with E-state index in [1.807, 2.05) is 26.0 Å². The van der Waals surface area contributed by atoms with Crippen molar-refractivity contribution in [2.24, 2.45) is 0 Å². The molecule has 0 spiro atoms. The lowest BCUT2D eigenvalue weighted by molar-refractivity contribution is 0.710. The largest absolute Gasteiger partial charge is 0.340 e. The third kappa shape index (κ3) is 4.71. The van der Waals surface area contributed by atoms with E-state index in [2.05, 4.69) is 55.7 Å². The fourth-order valence-corrected chi connectivity index (χ4v) is 3.63. The summed E-state index contributed by atoms with van der Waals surface area (Å²) in [5.74, 6) is 0. The Morgan fingerprint density at radius 1 is 0.923 bits per heavy atom. The standard InChI is InChI=1S/C22H26ClN.C2H6/c1-4-5-6-7-20-17(3)24(15-18-9-11-19(23)12-10-18)22-13-8-16(2)14-21(20)22;1-2/h8-14H,4-7,15H2,1-3H3;1-2H3. The van der Waals surface area contributed by atoms with Crippen LogP contribution in [0.1, 0.15) is 62.4 Å². The van der Waals surface area contributed by atoms with Crippen LogP contribution in [0.2, 0.25) is 5.02 Å². The van der Waals surface area contributed by atoms with Crippen molar-refractivity contribution in [2.45, 2.75) is 66.8 Å². The third-order valence-electron chi connectivity index (χ3n) is 4.89. The van der Waals surface area contributed by atoms with Crippen LogP contribution in [-0.4, -0.2) is 4.57 Å². The van der Waals surface area contributed by atoms with E-state index >= 15 is 0 Å². The first-order chi connectivity index (χ1) is 12.6. The topological polar surface area (TPSA) is 4.93 Å². The highest BCUT2D eigenvalue weighted by Crippen LogP contribution is 2.29. The predicted molar refractivity (Wildman–Crippen MR) is 117 cm³/mol. The van der Waals surface area contributed by atoms with Gasteiger partial charge in [-0.2, -0.15) is 0 Å². The van der Waals surface area contributed by atoms with Gasteiger partial charge in [0, 0.05) is 28.2 Å². The second-order valence-electron chi connectivity index (χ2n) is 6.75. The summed E-state index contributed by atoms with van der Waals surface area (Å²) in [5, 5.41) is 2.22. The zero-order valence-corrected chi connectivity index (χ0v) is 17.7. The maximum atomic E-state index is 6.03. The highest BCUT2D eigenvalue weighted by Gasteiger charge is 2.14. The molecule has 0 aliphatic carbocycles. The SMILES string of the molecule is CC.CCCCCc1c(C)n(Cc2ccc(Cl)cc2)c2ccc(C)cc12. The van der Waals surface area contributed by atoms with Gasteiger partial charge >= 0.3 is 0 Å². The monoisotopic (exact) mass is 369 g/mol. The quantitative estimate of drug-likeness (QED) is 0.392. The Hall–Kier alpha value is -1.73. The molecule has 0 unspecified atom stereocenters. The van der Waals surface area contributed by atoms with Gasteiger partial charge < -0.3 is 4.57 Å². The molecule has 0 saturated carbocycles. The summed E-state index contributed by atoms with van der Waals surface area (Å²) in [6, 6.07) is 15.0. The van der Waals surface area contributed by atoms with Gasteiger partial charge in [-0.05, 0) is 62.1 Å². The molecule has 0 N–H and O–H groups in total. The Labute approximate surface area is 164 Å². The molecule has 2 aromatic carbocycles. The Balaban J connectivity index is 0.00000117. The van der Waals surface area contributed by atoms with Gasteiger partial charge in [0.1, 0.15) is 0 Å². The van der Waals surface area contributed by atoms with E-state index in [4.69, 9.17) is 11.6 Å². The molecule has 26 heavy (non-hydrogen) atoms. The fraction of sp³-hybridized carbons (Fsp3) is 0.417. The van der Waals surface area contributed by atoms with Crippen molar-refractivity contribution in [3.05, 3.63) is 69.9 Å². The molecule has 0 amide bonds. The van der Waals surface area contributed by atoms with Gasteiger partial charge in [-0.25, -0.2) is 0 Å². The summed E-state index contributed by atoms with van der Waals surface area (Å²) in [6.45, 7) is 11.6. The van der Waals surface area contributed by atoms with Crippen molar-refractivity contribution in [2.75, 3.05) is 0 Å². The van der Waals surface area contributed by atoms with Crippen molar-refractivity contribution in [1.82, 2.24) is 4.57 Å². The first-order valence-corrected chi connectivity index (χ1v) is 10.3. The number of nitrogens with zero attached hydrogens (tertiary/aromatic N) is 1. The first-order valence-electron chi connectivity index (χ1n) is 9.93. The molecule has 1 aromatic heterocycles. The van der Waals surface area contributed by atoms with E-state index in [1.54, 1.807) is 0 Å². The van der Waals surface area contributed by atoms with Crippen LogP contribution in [0.25, 0.3) is 10.9 Å². The predicted octanol–water partition coefficient (Wildman–Crippen LogP) is 7.72. The van der Waals surface area contributed by atoms with Crippen LogP contribution in [0.3, 0.4) is 0 Å². The van der Waals surface area contributed by atoms with E-state index in [1.165, 1.54) is 59.0 Å². The second-order valence-corrected chi connectivity index (χ2v) is 7.19. The smallest absolute Gasteiger partial charge is 0.0488 e. The van der Waals surface area contributed by atoms with Gasteiger partial charge in [-0.3, -0.25) is 0 Å². The minimum Gasteiger partial charge on any atom is -0.340 e. The number of hydrogen-bond acceptors (Lipinski definition) is 0. The van der Waals surface area contributed by atoms with Crippen LogP contribution in [-0.2, 0) is 13.0 Å². The Morgan fingerprint density at radius 2 is 1.62 bits per heavy atom. The summed E-state index contributed by atoms with van der Waals surface area (Å²) < 4.78 is 2.46. The molecular weight excluding hydrogens is 338 g/mol. The van der Waals surface area contributed by atoms with Crippen LogP contribution < -0.4 is 0 Å². The highest BCUT2D eigenvalue weighted by molar-refractivity contribution is 6.30. The molecule has 0 radical (unpaired) electrons. The van der Waals surface area contributed by atoms with Crippen LogP contribution in [0, 0.1) is 13.8 Å². The summed E-state index contributed by atoms with van der Waals surface area (Å²) in [6.07, 6.45) is 5.01. The summed E-state index contributed by atoms with van der Waals surface area (Å²) >= 11 is 6.03. The van der Waals surface area contributed by atoms with Crippen LogP contribution >= 0.6 is 11.6 Å². The lowest BCUT2D eigenvalue weighted by Crippen LogP contribution is -2.02. The van der Waals surface area contributed by atoms with E-state index < -0.39 is 0 Å². The normalized spacial score (nSPS) is 10.7. The molecular formula is C24H32ClN. The van der Waals surface area contributed by atoms with Gasteiger partial charge in [-0.1, -0.05) is 69.0 Å². The molecule has 0 bridgehead atoms. The van der Waals surface area contributed by atoms with Gasteiger partial charge in [0.25, 0.3) is 0 Å². The minimum absolute atomic E-state index is 0.795. The van der Waals surface area contributed by atoms with Gasteiger partial charge in [-0.15, -0.1) is 0 Å². The summed E-state index contributed by atoms with van der Waals surface area (Å²) in [4.78, 5) is 0. The minimum atomic E-state index is 0.795. The molecule has 1 nitrogen and oxygen atoms in total. The molecule has 0 fully saturated rings. The summed E-state index contributed by atoms with van der Waals surface area (Å²) in [7, 11) is 0. The number of fused-ring (bicyclic) bond motifs is 1. The zero-order valence-electron chi connectivity index (χ0n) is 16.9. The summed E-state index contributed by atoms with van der Waals surface area (Å²) in [5.41, 5.74) is 6.90. The van der Waals surface area contributed by atoms with Gasteiger partial charge in [0.2, 0.25) is 0 Å². The van der Waals surface area contributed by atoms with E-state index in [0.717, 1.165) is 11.6 Å². The lowest BCUT2D eigenvalue weighted by Gasteiger charge is -2.09. The molecule has 0 saturated heterocycles. The molecule has 1 heterocycles. The number of benzene rings is 2. The van der Waals surface area contributed by atoms with Crippen molar-refractivity contribution in [1.29, 1.82) is 0 Å². The second kappa shape index (κ2) is 9.83. The van der Waals surface area contributed by atoms with E-state index in [9.17, 15) is 0 Å². The number of unbranched alkanes of at least 4 members (excludes halogenated alkanes) is 2. The molecule has 0 aliphatic heterocycles. The molecule has 140 valence electrons. The van der Waals surface area contributed by atoms with Crippen LogP contribution in [0.4, 0.5) is 0 Å². The number of aryl methyl sites for hydroxylation is 2. The Morgan fingerprint density at radius 3 is 2.27 bits per heavy atom. The molecule has 0 aliphatic rings. The lowest BCUT2D eigenvalue weighted by atomic mass is 10.0. The van der Waals surface area contributed by atoms with Crippen molar-refractivity contribution in [3.63, 3.8) is 0 Å². The van der Waals surface area contributed by atoms with Crippen LogP contribution in [0.5, 0.6) is 0 Å². The van der Waals surface area contributed by atoms with Crippen molar-refractivity contribution < 1.29 is 0 Å². The molecule has 2 heteroatoms. The molecule has 3 rings (SSSR count). The van der Waals surface area contributed by atoms with Gasteiger partial charge in [0.05, 0.1) is 0 Å². The van der Waals surface area contributed by atoms with Crippen molar-refractivity contribution in [3.8, 4) is 0 Å². The maximum absolute atomic E-state index is 6.03. The van der Waals surface area contributed by atoms with Crippen LogP contribution in [0.15, 0.2) is 42.5 Å². The van der Waals surface area contributed by atoms with Gasteiger partial charge in [0.15, 0.2) is 0 Å². The highest BCUT2D eigenvalue weighted by atomic mass is 35.5. The van der Waals surface area contributed by atoms with E-state index in [0.29, 0.717) is 0 Å². The Bertz CT molecular complexity index is 828. The number of hydrogen-bond donors (Lipinski definition) is 0. The first kappa shape index (κ1) is 20.6. The number of rotatable bonds is 6. The molecule has 0 atom stereocenters. The number of halogens is 1. The fourth-order valence-electron chi connectivity index (χ4n) is 3.51. The van der Waals surface area contributed by atoms with E-state index in [-0.39, 0.29) is 0 Å². The zero-order chi connectivity index (χ0) is 19.1. The third-order valence-corrected chi connectivity index (χ3v) is 5.15. The maximum Gasteiger partial charge on any atom is 0.0488 e. The molecule has 3 aromatic rings. The van der Waals surface area contributed by atoms with Crippen molar-refractivity contribution >= 4 is 22.5 Å². The number of aromatic nitrogens is 1. The Kier molecular flexibility index (Phi) is 7.78. The average Bonchev–Trinajstić information content (AvgIpc) is 2.90.